The fourth-order valence-corrected chi connectivity index (χ4v) is 1.90. The fraction of sp³-hybridized carbons (Fsp3) is 0.0667. The Morgan fingerprint density at radius 2 is 1.82 bits per heavy atom. The second-order valence-electron chi connectivity index (χ2n) is 4.42. The van der Waals surface area contributed by atoms with Crippen molar-refractivity contribution in [2.75, 3.05) is 0 Å². The Labute approximate surface area is 131 Å². The molecule has 0 spiro atoms. The number of nitrogens with one attached hydrogen (secondary N) is 1. The minimum Gasteiger partial charge on any atom is -0.267 e. The Morgan fingerprint density at radius 1 is 1.18 bits per heavy atom. The molecule has 0 unspecified atom stereocenters. The molecule has 0 saturated carbocycles. The van der Waals surface area contributed by atoms with Crippen molar-refractivity contribution in [3.05, 3.63) is 74.8 Å². The van der Waals surface area contributed by atoms with E-state index in [2.05, 4.69) is 10.5 Å². The number of para-hydroxylation sites is 1. The Morgan fingerprint density at radius 3 is 2.45 bits per heavy atom. The highest BCUT2D eigenvalue weighted by Crippen LogP contribution is 2.17. The minimum atomic E-state index is -0.638. The van der Waals surface area contributed by atoms with Gasteiger partial charge in [-0.3, -0.25) is 14.9 Å². The predicted molar refractivity (Wildman–Crippen MR) is 84.2 cm³/mol. The number of hydrazone groups is 1. The quantitative estimate of drug-likeness (QED) is 0.533. The Balaban J connectivity index is 2.17. The lowest BCUT2D eigenvalue weighted by molar-refractivity contribution is -0.385. The first-order chi connectivity index (χ1) is 10.5. The van der Waals surface area contributed by atoms with Crippen molar-refractivity contribution in [3.63, 3.8) is 0 Å². The highest BCUT2D eigenvalue weighted by molar-refractivity contribution is 6.30. The van der Waals surface area contributed by atoms with Gasteiger partial charge >= 0.3 is 0 Å². The molecule has 0 atom stereocenters. The van der Waals surface area contributed by atoms with Gasteiger partial charge in [0.15, 0.2) is 0 Å². The second-order valence-corrected chi connectivity index (χ2v) is 4.86. The van der Waals surface area contributed by atoms with Crippen molar-refractivity contribution >= 4 is 28.9 Å². The summed E-state index contributed by atoms with van der Waals surface area (Å²) in [6.07, 6.45) is 0. The topological polar surface area (TPSA) is 84.6 Å². The van der Waals surface area contributed by atoms with E-state index in [1.807, 2.05) is 0 Å². The van der Waals surface area contributed by atoms with E-state index in [4.69, 9.17) is 11.6 Å². The van der Waals surface area contributed by atoms with Gasteiger partial charge in [0.05, 0.1) is 10.6 Å². The summed E-state index contributed by atoms with van der Waals surface area (Å²) in [7, 11) is 0. The average Bonchev–Trinajstić information content (AvgIpc) is 2.53. The molecule has 2 aromatic carbocycles. The molecule has 6 nitrogen and oxygen atoms in total. The average molecular weight is 318 g/mol. The van der Waals surface area contributed by atoms with Crippen molar-refractivity contribution < 1.29 is 9.72 Å². The number of nitro groups is 1. The molecular formula is C15H12ClN3O3. The van der Waals surface area contributed by atoms with Gasteiger partial charge in [-0.25, -0.2) is 5.43 Å². The highest BCUT2D eigenvalue weighted by atomic mass is 35.5. The first kappa shape index (κ1) is 15.7. The minimum absolute atomic E-state index is 0.0415. The van der Waals surface area contributed by atoms with Crippen LogP contribution in [-0.2, 0) is 0 Å². The van der Waals surface area contributed by atoms with Gasteiger partial charge in [0.1, 0.15) is 5.56 Å². The summed E-state index contributed by atoms with van der Waals surface area (Å²) in [5.74, 6) is -0.638. The predicted octanol–water partition coefficient (Wildman–Crippen LogP) is 3.40. The zero-order valence-corrected chi connectivity index (χ0v) is 12.4. The third-order valence-corrected chi connectivity index (χ3v) is 3.18. The monoisotopic (exact) mass is 317 g/mol. The fourth-order valence-electron chi connectivity index (χ4n) is 1.78. The molecule has 0 bridgehead atoms. The molecule has 112 valence electrons. The number of hydrogen-bond acceptors (Lipinski definition) is 4. The number of carbonyl (C=O) groups excluding carboxylic acids is 1. The van der Waals surface area contributed by atoms with Crippen LogP contribution in [0.4, 0.5) is 5.69 Å². The number of carbonyl (C=O) groups is 1. The van der Waals surface area contributed by atoms with Crippen LogP contribution in [0.25, 0.3) is 0 Å². The molecular weight excluding hydrogens is 306 g/mol. The number of rotatable bonds is 4. The maximum absolute atomic E-state index is 12.0. The maximum Gasteiger partial charge on any atom is 0.282 e. The standard InChI is InChI=1S/C15H12ClN3O3/c1-10(11-6-8-12(16)9-7-11)17-18-15(20)13-4-2-3-5-14(13)19(21)22/h2-9H,1H3,(H,18,20). The summed E-state index contributed by atoms with van der Waals surface area (Å²) >= 11 is 5.80. The van der Waals surface area contributed by atoms with Crippen LogP contribution < -0.4 is 5.43 Å². The lowest BCUT2D eigenvalue weighted by Gasteiger charge is -2.04. The maximum atomic E-state index is 12.0. The van der Waals surface area contributed by atoms with Gasteiger partial charge in [-0.1, -0.05) is 35.9 Å². The SMILES string of the molecule is CC(=NNC(=O)c1ccccc1[N+](=O)[O-])c1ccc(Cl)cc1. The molecule has 7 heteroatoms. The zero-order chi connectivity index (χ0) is 16.1. The molecule has 0 saturated heterocycles. The van der Waals surface area contributed by atoms with Gasteiger partial charge in [0.25, 0.3) is 11.6 Å². The molecule has 2 aromatic rings. The Bertz CT molecular complexity index is 742. The number of nitro benzene ring substituents is 1. The zero-order valence-electron chi connectivity index (χ0n) is 11.6. The van der Waals surface area contributed by atoms with Crippen LogP contribution >= 0.6 is 11.6 Å². The summed E-state index contributed by atoms with van der Waals surface area (Å²) in [6.45, 7) is 1.71. The second kappa shape index (κ2) is 6.82. The molecule has 0 aromatic heterocycles. The van der Waals surface area contributed by atoms with Gasteiger partial charge in [-0.2, -0.15) is 5.10 Å². The summed E-state index contributed by atoms with van der Waals surface area (Å²) < 4.78 is 0. The smallest absolute Gasteiger partial charge is 0.267 e. The molecule has 0 aliphatic carbocycles. The summed E-state index contributed by atoms with van der Waals surface area (Å²) in [6, 6.07) is 12.6. The van der Waals surface area contributed by atoms with Gasteiger partial charge in [-0.05, 0) is 30.7 Å². The van der Waals surface area contributed by atoms with Crippen LogP contribution in [0.1, 0.15) is 22.8 Å². The van der Waals surface area contributed by atoms with E-state index >= 15 is 0 Å². The molecule has 2 rings (SSSR count). The number of halogens is 1. The molecule has 0 radical (unpaired) electrons. The van der Waals surface area contributed by atoms with E-state index < -0.39 is 10.8 Å². The number of nitrogens with zero attached hydrogens (tertiary/aromatic N) is 2. The number of amides is 1. The molecule has 0 aliphatic rings. The van der Waals surface area contributed by atoms with E-state index in [1.165, 1.54) is 18.2 Å². The van der Waals surface area contributed by atoms with Crippen molar-refractivity contribution in [1.82, 2.24) is 5.43 Å². The summed E-state index contributed by atoms with van der Waals surface area (Å²) in [5, 5.41) is 15.4. The first-order valence-corrected chi connectivity index (χ1v) is 6.71. The molecule has 0 fully saturated rings. The van der Waals surface area contributed by atoms with Crippen LogP contribution in [0, 0.1) is 10.1 Å². The van der Waals surface area contributed by atoms with E-state index in [0.29, 0.717) is 10.7 Å². The lowest BCUT2D eigenvalue weighted by atomic mass is 10.1. The van der Waals surface area contributed by atoms with Crippen molar-refractivity contribution in [2.45, 2.75) is 6.92 Å². The van der Waals surface area contributed by atoms with E-state index in [9.17, 15) is 14.9 Å². The van der Waals surface area contributed by atoms with E-state index in [1.54, 1.807) is 37.3 Å². The van der Waals surface area contributed by atoms with Crippen LogP contribution in [-0.4, -0.2) is 16.5 Å². The van der Waals surface area contributed by atoms with Gasteiger partial charge in [-0.15, -0.1) is 0 Å². The van der Waals surface area contributed by atoms with Gasteiger partial charge in [0.2, 0.25) is 0 Å². The first-order valence-electron chi connectivity index (χ1n) is 6.33. The number of hydrogen-bond donors (Lipinski definition) is 1. The normalized spacial score (nSPS) is 11.1. The Hall–Kier alpha value is -2.73. The van der Waals surface area contributed by atoms with E-state index in [0.717, 1.165) is 5.56 Å². The van der Waals surface area contributed by atoms with Crippen molar-refractivity contribution in [3.8, 4) is 0 Å². The molecule has 22 heavy (non-hydrogen) atoms. The Kier molecular flexibility index (Phi) is 4.85. The summed E-state index contributed by atoms with van der Waals surface area (Å²) in [4.78, 5) is 22.3. The number of benzene rings is 2. The molecule has 0 aliphatic heterocycles. The van der Waals surface area contributed by atoms with Crippen molar-refractivity contribution in [1.29, 1.82) is 0 Å². The molecule has 1 amide bonds. The summed E-state index contributed by atoms with van der Waals surface area (Å²) in [5.41, 5.74) is 3.36. The van der Waals surface area contributed by atoms with Crippen LogP contribution in [0.2, 0.25) is 5.02 Å². The van der Waals surface area contributed by atoms with Crippen molar-refractivity contribution in [2.24, 2.45) is 5.10 Å². The van der Waals surface area contributed by atoms with E-state index in [-0.39, 0.29) is 11.3 Å². The third kappa shape index (κ3) is 3.67. The largest absolute Gasteiger partial charge is 0.282 e. The molecule has 1 N–H and O–H groups in total. The van der Waals surface area contributed by atoms with Crippen LogP contribution in [0.5, 0.6) is 0 Å². The molecule has 0 heterocycles. The highest BCUT2D eigenvalue weighted by Gasteiger charge is 2.18. The van der Waals surface area contributed by atoms with Crippen LogP contribution in [0.3, 0.4) is 0 Å². The lowest BCUT2D eigenvalue weighted by Crippen LogP contribution is -2.20. The van der Waals surface area contributed by atoms with Crippen LogP contribution in [0.15, 0.2) is 53.6 Å². The van der Waals surface area contributed by atoms with Gasteiger partial charge in [0, 0.05) is 11.1 Å². The third-order valence-electron chi connectivity index (χ3n) is 2.93. The van der Waals surface area contributed by atoms with Gasteiger partial charge < -0.3 is 0 Å².